The van der Waals surface area contributed by atoms with Gasteiger partial charge in [-0.05, 0) is 139 Å². The van der Waals surface area contributed by atoms with Gasteiger partial charge in [0.15, 0.2) is 0 Å². The second-order valence-corrected chi connectivity index (χ2v) is 14.8. The van der Waals surface area contributed by atoms with Gasteiger partial charge in [0, 0.05) is 11.8 Å². The molecule has 0 radical (unpaired) electrons. The normalized spacial score (nSPS) is 12.1. The number of rotatable bonds is 12. The van der Waals surface area contributed by atoms with Crippen molar-refractivity contribution in [2.24, 2.45) is 9.98 Å². The summed E-state index contributed by atoms with van der Waals surface area (Å²) in [4.78, 5) is 15.6. The zero-order valence-corrected chi connectivity index (χ0v) is 33.8. The lowest BCUT2D eigenvalue weighted by molar-refractivity contribution is 0.625. The quantitative estimate of drug-likeness (QED) is 0.0690. The van der Waals surface area contributed by atoms with E-state index in [1.165, 1.54) is 59.7 Å². The maximum Gasteiger partial charge on any atom is 0.123 e. The fraction of sp³-hybridized carbons (Fsp3) is 0.173. The lowest BCUT2D eigenvalue weighted by Gasteiger charge is -2.27. The summed E-state index contributed by atoms with van der Waals surface area (Å²) in [6.07, 6.45) is 1.71. The number of aryl methyl sites for hydroxylation is 3. The lowest BCUT2D eigenvalue weighted by Crippen LogP contribution is -2.11. The highest BCUT2D eigenvalue weighted by Gasteiger charge is 2.28. The SMILES string of the molecule is CCc1cccc(CC)c1N=C(C)c1cccc(C(C)=Nc2c(C(c3ccc(F)cc3)c3ccc(F)cc3)cc(C)cc2C(c2ccc(F)cc2)c2ccc(F)cc2)n1. The molecule has 0 amide bonds. The van der Waals surface area contributed by atoms with Crippen LogP contribution in [-0.4, -0.2) is 16.4 Å². The van der Waals surface area contributed by atoms with Crippen molar-refractivity contribution in [3.63, 3.8) is 0 Å². The highest BCUT2D eigenvalue weighted by molar-refractivity contribution is 6.02. The number of benzene rings is 6. The summed E-state index contributed by atoms with van der Waals surface area (Å²) in [5.41, 5.74) is 12.2. The van der Waals surface area contributed by atoms with Gasteiger partial charge in [-0.2, -0.15) is 0 Å². The van der Waals surface area contributed by atoms with E-state index in [1.54, 1.807) is 48.5 Å². The largest absolute Gasteiger partial charge is 0.251 e. The van der Waals surface area contributed by atoms with Gasteiger partial charge < -0.3 is 0 Å². The fourth-order valence-electron chi connectivity index (χ4n) is 7.78. The predicted octanol–water partition coefficient (Wildman–Crippen LogP) is 13.7. The average molecular weight is 788 g/mol. The Morgan fingerprint density at radius 3 is 1.14 bits per heavy atom. The molecule has 296 valence electrons. The van der Waals surface area contributed by atoms with Gasteiger partial charge in [-0.25, -0.2) is 22.5 Å². The third-order valence-corrected chi connectivity index (χ3v) is 10.8. The number of aliphatic imine (C=N–C) groups is 2. The Labute approximate surface area is 343 Å². The third-order valence-electron chi connectivity index (χ3n) is 10.8. The van der Waals surface area contributed by atoms with Crippen LogP contribution in [0.4, 0.5) is 28.9 Å². The van der Waals surface area contributed by atoms with E-state index >= 15 is 0 Å². The van der Waals surface area contributed by atoms with Gasteiger partial charge in [-0.1, -0.05) is 104 Å². The second-order valence-electron chi connectivity index (χ2n) is 14.8. The maximum atomic E-state index is 14.5. The summed E-state index contributed by atoms with van der Waals surface area (Å²) in [5, 5.41) is 0. The van der Waals surface area contributed by atoms with Crippen LogP contribution in [0.25, 0.3) is 0 Å². The first kappa shape index (κ1) is 40.7. The van der Waals surface area contributed by atoms with E-state index in [1.807, 2.05) is 39.0 Å². The zero-order valence-electron chi connectivity index (χ0n) is 33.8. The fourth-order valence-corrected chi connectivity index (χ4v) is 7.78. The van der Waals surface area contributed by atoms with Crippen molar-refractivity contribution >= 4 is 22.8 Å². The molecule has 0 aliphatic carbocycles. The van der Waals surface area contributed by atoms with Gasteiger partial charge in [0.1, 0.15) is 23.3 Å². The minimum absolute atomic E-state index is 0.382. The molecule has 1 heterocycles. The number of pyridine rings is 1. The molecule has 0 aliphatic heterocycles. The Morgan fingerprint density at radius 2 is 0.797 bits per heavy atom. The molecule has 6 aromatic carbocycles. The Kier molecular flexibility index (Phi) is 12.4. The summed E-state index contributed by atoms with van der Waals surface area (Å²) < 4.78 is 57.8. The second kappa shape index (κ2) is 18.0. The molecule has 0 aliphatic rings. The highest BCUT2D eigenvalue weighted by Crippen LogP contribution is 2.46. The monoisotopic (exact) mass is 787 g/mol. The Hall–Kier alpha value is -6.47. The van der Waals surface area contributed by atoms with Gasteiger partial charge in [-0.15, -0.1) is 0 Å². The minimum Gasteiger partial charge on any atom is -0.251 e. The van der Waals surface area contributed by atoms with Crippen molar-refractivity contribution in [1.29, 1.82) is 0 Å². The van der Waals surface area contributed by atoms with E-state index in [2.05, 4.69) is 44.2 Å². The van der Waals surface area contributed by atoms with Crippen LogP contribution in [0.15, 0.2) is 156 Å². The van der Waals surface area contributed by atoms with E-state index in [9.17, 15) is 17.6 Å². The predicted molar refractivity (Wildman–Crippen MR) is 232 cm³/mol. The molecule has 7 heteroatoms. The molecule has 0 fully saturated rings. The first-order valence-electron chi connectivity index (χ1n) is 19.9. The van der Waals surface area contributed by atoms with Crippen molar-refractivity contribution in [1.82, 2.24) is 4.98 Å². The number of hydrogen-bond donors (Lipinski definition) is 0. The summed E-state index contributed by atoms with van der Waals surface area (Å²) in [7, 11) is 0. The number of halogens is 4. The molecule has 0 bridgehead atoms. The first-order valence-corrected chi connectivity index (χ1v) is 19.9. The van der Waals surface area contributed by atoms with E-state index in [0.29, 0.717) is 22.8 Å². The number of para-hydroxylation sites is 1. The van der Waals surface area contributed by atoms with E-state index < -0.39 is 11.8 Å². The highest BCUT2D eigenvalue weighted by atomic mass is 19.1. The van der Waals surface area contributed by atoms with Gasteiger partial charge in [0.2, 0.25) is 0 Å². The van der Waals surface area contributed by atoms with Crippen LogP contribution in [-0.2, 0) is 12.8 Å². The van der Waals surface area contributed by atoms with E-state index in [0.717, 1.165) is 63.2 Å². The van der Waals surface area contributed by atoms with E-state index in [-0.39, 0.29) is 23.3 Å². The third kappa shape index (κ3) is 9.15. The van der Waals surface area contributed by atoms with Crippen LogP contribution in [0.5, 0.6) is 0 Å². The summed E-state index contributed by atoms with van der Waals surface area (Å²) in [6.45, 7) is 10.1. The molecular weight excluding hydrogens is 743 g/mol. The van der Waals surface area contributed by atoms with Crippen molar-refractivity contribution in [3.8, 4) is 0 Å². The van der Waals surface area contributed by atoms with Crippen LogP contribution in [0, 0.1) is 30.2 Å². The van der Waals surface area contributed by atoms with Gasteiger partial charge in [0.25, 0.3) is 0 Å². The molecule has 0 N–H and O–H groups in total. The Balaban J connectivity index is 1.48. The van der Waals surface area contributed by atoms with Gasteiger partial charge in [-0.3, -0.25) is 9.98 Å². The van der Waals surface area contributed by atoms with E-state index in [4.69, 9.17) is 15.0 Å². The van der Waals surface area contributed by atoms with Crippen molar-refractivity contribution in [2.45, 2.75) is 59.3 Å². The average Bonchev–Trinajstić information content (AvgIpc) is 3.24. The van der Waals surface area contributed by atoms with Crippen molar-refractivity contribution in [3.05, 3.63) is 230 Å². The molecule has 0 spiro atoms. The summed E-state index contributed by atoms with van der Waals surface area (Å²) >= 11 is 0. The number of aromatic nitrogens is 1. The molecule has 0 atom stereocenters. The smallest absolute Gasteiger partial charge is 0.123 e. The summed E-state index contributed by atoms with van der Waals surface area (Å²) in [5.74, 6) is -2.55. The molecule has 0 saturated carbocycles. The summed E-state index contributed by atoms with van der Waals surface area (Å²) in [6, 6.07) is 41.4. The van der Waals surface area contributed by atoms with Crippen LogP contribution >= 0.6 is 0 Å². The molecule has 7 aromatic rings. The number of nitrogens with zero attached hydrogens (tertiary/aromatic N) is 3. The molecule has 7 rings (SSSR count). The topological polar surface area (TPSA) is 37.6 Å². The Bertz CT molecular complexity index is 2400. The van der Waals surface area contributed by atoms with Gasteiger partial charge in [0.05, 0.1) is 34.2 Å². The Morgan fingerprint density at radius 1 is 0.475 bits per heavy atom. The molecule has 59 heavy (non-hydrogen) atoms. The lowest BCUT2D eigenvalue weighted by atomic mass is 9.78. The first-order chi connectivity index (χ1) is 28.5. The van der Waals surface area contributed by atoms with Gasteiger partial charge >= 0.3 is 0 Å². The minimum atomic E-state index is -0.511. The van der Waals surface area contributed by atoms with Crippen LogP contribution < -0.4 is 0 Å². The van der Waals surface area contributed by atoms with Crippen LogP contribution in [0.1, 0.15) is 101 Å². The molecular formula is C52H45F4N3. The maximum absolute atomic E-state index is 14.5. The standard InChI is InChI=1S/C52H45F4N3/c1-6-35-10-8-11-36(7-2)51(35)57-33(4)47-12-9-13-48(59-47)34(5)58-52-45(49(37-14-22-41(53)23-15-37)38-16-24-42(54)25-17-38)30-32(3)31-46(52)50(39-18-26-43(55)27-19-39)40-20-28-44(56)29-21-40/h8-31,49-50H,6-7H2,1-5H3. The molecule has 1 aromatic heterocycles. The number of hydrogen-bond acceptors (Lipinski definition) is 3. The molecule has 3 nitrogen and oxygen atoms in total. The zero-order chi connectivity index (χ0) is 41.6. The molecule has 0 unspecified atom stereocenters. The molecule has 0 saturated heterocycles. The van der Waals surface area contributed by atoms with Crippen LogP contribution in [0.3, 0.4) is 0 Å². The van der Waals surface area contributed by atoms with Crippen LogP contribution in [0.2, 0.25) is 0 Å². The van der Waals surface area contributed by atoms with Crippen molar-refractivity contribution in [2.75, 3.05) is 0 Å². The van der Waals surface area contributed by atoms with Crippen molar-refractivity contribution < 1.29 is 17.6 Å².